The van der Waals surface area contributed by atoms with Crippen LogP contribution in [0.2, 0.25) is 0 Å². The molecule has 1 saturated heterocycles. The molecular formula is C22H30N2O. The van der Waals surface area contributed by atoms with Crippen molar-refractivity contribution in [1.29, 1.82) is 0 Å². The largest absolute Gasteiger partial charge is 0.366 e. The number of hydrogen-bond acceptors (Lipinski definition) is 2. The summed E-state index contributed by atoms with van der Waals surface area (Å²) in [6.45, 7) is 10.2. The third-order valence-electron chi connectivity index (χ3n) is 5.74. The highest BCUT2D eigenvalue weighted by molar-refractivity contribution is 6.01. The summed E-state index contributed by atoms with van der Waals surface area (Å²) in [6.07, 6.45) is 2.53. The first-order chi connectivity index (χ1) is 12.0. The van der Waals surface area contributed by atoms with Crippen LogP contribution in [0.3, 0.4) is 0 Å². The molecule has 3 nitrogen and oxygen atoms in total. The SMILES string of the molecule is CC1CCN(C[C@H](c2c(C(N)=O)ccc3ccccc23)C(C)C)CC1. The molecular weight excluding hydrogens is 308 g/mol. The lowest BCUT2D eigenvalue weighted by atomic mass is 9.81. The average Bonchev–Trinajstić information content (AvgIpc) is 2.60. The summed E-state index contributed by atoms with van der Waals surface area (Å²) in [5.74, 6) is 1.26. The van der Waals surface area contributed by atoms with Gasteiger partial charge in [0.2, 0.25) is 5.91 Å². The van der Waals surface area contributed by atoms with Crippen molar-refractivity contribution in [1.82, 2.24) is 4.90 Å². The van der Waals surface area contributed by atoms with E-state index in [2.05, 4.69) is 43.9 Å². The summed E-state index contributed by atoms with van der Waals surface area (Å²) in [7, 11) is 0. The minimum absolute atomic E-state index is 0.307. The second kappa shape index (κ2) is 7.57. The Morgan fingerprint density at radius 1 is 1.16 bits per heavy atom. The third-order valence-corrected chi connectivity index (χ3v) is 5.74. The van der Waals surface area contributed by atoms with Gasteiger partial charge in [-0.3, -0.25) is 4.79 Å². The molecule has 0 aliphatic carbocycles. The Bertz CT molecular complexity index is 745. The maximum absolute atomic E-state index is 12.1. The number of nitrogens with two attached hydrogens (primary N) is 1. The molecule has 3 rings (SSSR count). The fraction of sp³-hybridized carbons (Fsp3) is 0.500. The first-order valence-corrected chi connectivity index (χ1v) is 9.51. The van der Waals surface area contributed by atoms with E-state index in [0.717, 1.165) is 31.1 Å². The van der Waals surface area contributed by atoms with E-state index in [0.29, 0.717) is 17.4 Å². The number of carbonyl (C=O) groups is 1. The molecule has 1 atom stereocenters. The van der Waals surface area contributed by atoms with Crippen LogP contribution in [-0.4, -0.2) is 30.4 Å². The molecule has 0 bridgehead atoms. The van der Waals surface area contributed by atoms with E-state index in [1.54, 1.807) is 0 Å². The van der Waals surface area contributed by atoms with Crippen molar-refractivity contribution in [3.8, 4) is 0 Å². The van der Waals surface area contributed by atoms with Crippen LogP contribution in [0.5, 0.6) is 0 Å². The van der Waals surface area contributed by atoms with Gasteiger partial charge in [-0.2, -0.15) is 0 Å². The maximum atomic E-state index is 12.1. The van der Waals surface area contributed by atoms with Gasteiger partial charge in [-0.1, -0.05) is 51.1 Å². The van der Waals surface area contributed by atoms with Crippen molar-refractivity contribution in [2.24, 2.45) is 17.6 Å². The summed E-state index contributed by atoms with van der Waals surface area (Å²) >= 11 is 0. The van der Waals surface area contributed by atoms with Gasteiger partial charge in [0.05, 0.1) is 0 Å². The number of hydrogen-bond donors (Lipinski definition) is 1. The number of likely N-dealkylation sites (tertiary alicyclic amines) is 1. The van der Waals surface area contributed by atoms with Crippen LogP contribution in [-0.2, 0) is 0 Å². The Morgan fingerprint density at radius 3 is 2.48 bits per heavy atom. The van der Waals surface area contributed by atoms with Crippen molar-refractivity contribution in [3.05, 3.63) is 47.5 Å². The fourth-order valence-electron chi connectivity index (χ4n) is 4.07. The van der Waals surface area contributed by atoms with E-state index in [4.69, 9.17) is 5.73 Å². The van der Waals surface area contributed by atoms with Crippen LogP contribution in [0.1, 0.15) is 55.5 Å². The van der Waals surface area contributed by atoms with Gasteiger partial charge in [0, 0.05) is 18.0 Å². The standard InChI is InChI=1S/C22H30N2O/c1-15(2)20(14-24-12-10-16(3)11-13-24)21-18-7-5-4-6-17(18)8-9-19(21)22(23)25/h4-9,15-16,20H,10-14H2,1-3H3,(H2,23,25)/t20-/m0/s1. The minimum atomic E-state index is -0.321. The van der Waals surface area contributed by atoms with E-state index in [9.17, 15) is 4.79 Å². The van der Waals surface area contributed by atoms with Gasteiger partial charge in [-0.25, -0.2) is 0 Å². The second-order valence-electron chi connectivity index (χ2n) is 7.95. The maximum Gasteiger partial charge on any atom is 0.249 e. The number of nitrogens with zero attached hydrogens (tertiary/aromatic N) is 1. The first-order valence-electron chi connectivity index (χ1n) is 9.51. The number of piperidine rings is 1. The monoisotopic (exact) mass is 338 g/mol. The predicted octanol–water partition coefficient (Wildman–Crippen LogP) is 4.41. The topological polar surface area (TPSA) is 46.3 Å². The summed E-state index contributed by atoms with van der Waals surface area (Å²) in [5, 5.41) is 2.35. The van der Waals surface area contributed by atoms with Gasteiger partial charge in [0.1, 0.15) is 0 Å². The van der Waals surface area contributed by atoms with Gasteiger partial charge >= 0.3 is 0 Å². The third kappa shape index (κ3) is 3.87. The summed E-state index contributed by atoms with van der Waals surface area (Å²) in [5.41, 5.74) is 7.56. The molecule has 1 heterocycles. The van der Waals surface area contributed by atoms with E-state index in [-0.39, 0.29) is 5.91 Å². The first kappa shape index (κ1) is 17.9. The van der Waals surface area contributed by atoms with Crippen LogP contribution in [0.25, 0.3) is 10.8 Å². The van der Waals surface area contributed by atoms with Crippen LogP contribution < -0.4 is 5.73 Å². The minimum Gasteiger partial charge on any atom is -0.366 e. The summed E-state index contributed by atoms with van der Waals surface area (Å²) in [4.78, 5) is 14.7. The van der Waals surface area contributed by atoms with Gasteiger partial charge in [0.25, 0.3) is 0 Å². The lowest BCUT2D eigenvalue weighted by Crippen LogP contribution is -2.37. The average molecular weight is 338 g/mol. The smallest absolute Gasteiger partial charge is 0.249 e. The molecule has 0 aromatic heterocycles. The number of rotatable bonds is 5. The molecule has 2 N–H and O–H groups in total. The quantitative estimate of drug-likeness (QED) is 0.878. The highest BCUT2D eigenvalue weighted by atomic mass is 16.1. The van der Waals surface area contributed by atoms with Gasteiger partial charge in [-0.15, -0.1) is 0 Å². The molecule has 2 aromatic rings. The molecule has 1 amide bonds. The lowest BCUT2D eigenvalue weighted by Gasteiger charge is -2.35. The molecule has 25 heavy (non-hydrogen) atoms. The van der Waals surface area contributed by atoms with Crippen molar-refractivity contribution < 1.29 is 4.79 Å². The van der Waals surface area contributed by atoms with Crippen LogP contribution in [0.15, 0.2) is 36.4 Å². The molecule has 0 spiro atoms. The number of benzene rings is 2. The highest BCUT2D eigenvalue weighted by Crippen LogP contribution is 2.35. The number of amides is 1. The zero-order valence-corrected chi connectivity index (χ0v) is 15.7. The van der Waals surface area contributed by atoms with Crippen LogP contribution >= 0.6 is 0 Å². The van der Waals surface area contributed by atoms with Crippen LogP contribution in [0, 0.1) is 11.8 Å². The molecule has 3 heteroatoms. The molecule has 1 aliphatic rings. The van der Waals surface area contributed by atoms with Gasteiger partial charge < -0.3 is 10.6 Å². The molecule has 2 aromatic carbocycles. The van der Waals surface area contributed by atoms with E-state index < -0.39 is 0 Å². The van der Waals surface area contributed by atoms with Gasteiger partial charge in [0.15, 0.2) is 0 Å². The van der Waals surface area contributed by atoms with Crippen molar-refractivity contribution in [2.75, 3.05) is 19.6 Å². The summed E-state index contributed by atoms with van der Waals surface area (Å²) < 4.78 is 0. The van der Waals surface area contributed by atoms with Crippen molar-refractivity contribution >= 4 is 16.7 Å². The molecule has 0 unspecified atom stereocenters. The zero-order chi connectivity index (χ0) is 18.0. The Labute approximate surface area is 151 Å². The summed E-state index contributed by atoms with van der Waals surface area (Å²) in [6, 6.07) is 12.3. The Kier molecular flexibility index (Phi) is 5.43. The van der Waals surface area contributed by atoms with Crippen molar-refractivity contribution in [3.63, 3.8) is 0 Å². The lowest BCUT2D eigenvalue weighted by molar-refractivity contribution is 0.0998. The Hall–Kier alpha value is -1.87. The van der Waals surface area contributed by atoms with E-state index in [1.807, 2.05) is 18.2 Å². The normalized spacial score (nSPS) is 17.9. The number of carbonyl (C=O) groups excluding carboxylic acids is 1. The highest BCUT2D eigenvalue weighted by Gasteiger charge is 2.27. The Balaban J connectivity index is 2.03. The number of primary amides is 1. The molecule has 0 radical (unpaired) electrons. The molecule has 1 fully saturated rings. The van der Waals surface area contributed by atoms with Crippen molar-refractivity contribution in [2.45, 2.75) is 39.5 Å². The predicted molar refractivity (Wildman–Crippen MR) is 105 cm³/mol. The molecule has 1 aliphatic heterocycles. The molecule has 0 saturated carbocycles. The van der Waals surface area contributed by atoms with Gasteiger partial charge in [-0.05, 0) is 60.2 Å². The second-order valence-corrected chi connectivity index (χ2v) is 7.95. The number of fused-ring (bicyclic) bond motifs is 1. The zero-order valence-electron chi connectivity index (χ0n) is 15.7. The Morgan fingerprint density at radius 2 is 1.84 bits per heavy atom. The molecule has 134 valence electrons. The van der Waals surface area contributed by atoms with E-state index in [1.165, 1.54) is 23.6 Å². The van der Waals surface area contributed by atoms with Crippen LogP contribution in [0.4, 0.5) is 0 Å². The van der Waals surface area contributed by atoms with E-state index >= 15 is 0 Å². The fourth-order valence-corrected chi connectivity index (χ4v) is 4.07.